The molecule has 1 aromatic carbocycles. The number of ether oxygens (including phenoxy) is 1. The van der Waals surface area contributed by atoms with E-state index in [0.717, 1.165) is 24.8 Å². The van der Waals surface area contributed by atoms with Crippen molar-refractivity contribution in [1.82, 2.24) is 0 Å². The lowest BCUT2D eigenvalue weighted by Gasteiger charge is -2.21. The number of aromatic hydroxyl groups is 1. The summed E-state index contributed by atoms with van der Waals surface area (Å²) in [5.41, 5.74) is 0.598. The smallest absolute Gasteiger partial charge is 0.311 e. The zero-order valence-electron chi connectivity index (χ0n) is 12.3. The van der Waals surface area contributed by atoms with Gasteiger partial charge in [0.15, 0.2) is 0 Å². The van der Waals surface area contributed by atoms with Crippen molar-refractivity contribution in [2.24, 2.45) is 0 Å². The molecule has 0 amide bonds. The van der Waals surface area contributed by atoms with E-state index in [1.54, 1.807) is 18.2 Å². The van der Waals surface area contributed by atoms with Gasteiger partial charge in [-0.1, -0.05) is 40.5 Å². The first-order chi connectivity index (χ1) is 8.84. The molecule has 0 unspecified atom stereocenters. The van der Waals surface area contributed by atoms with Crippen LogP contribution in [0.2, 0.25) is 0 Å². The van der Waals surface area contributed by atoms with Crippen LogP contribution in [0.5, 0.6) is 11.5 Å². The van der Waals surface area contributed by atoms with Gasteiger partial charge in [-0.05, 0) is 30.0 Å². The Morgan fingerprint density at radius 1 is 1.26 bits per heavy atom. The standard InChI is InChI=1S/C16H24O3/c1-5-6-7-8-15(18)19-12-9-10-14(17)13(11-12)16(2,3)4/h9-11,17H,5-8H2,1-4H3. The maximum atomic E-state index is 11.6. The number of phenolic OH excluding ortho intramolecular Hbond substituents is 1. The third-order valence-corrected chi connectivity index (χ3v) is 2.99. The van der Waals surface area contributed by atoms with Crippen LogP contribution < -0.4 is 4.74 Å². The van der Waals surface area contributed by atoms with E-state index in [9.17, 15) is 9.90 Å². The maximum absolute atomic E-state index is 11.6. The minimum atomic E-state index is -0.209. The van der Waals surface area contributed by atoms with E-state index in [-0.39, 0.29) is 17.1 Å². The van der Waals surface area contributed by atoms with Gasteiger partial charge < -0.3 is 9.84 Å². The molecule has 0 bridgehead atoms. The Balaban J connectivity index is 2.72. The second kappa shape index (κ2) is 6.60. The molecule has 0 aliphatic carbocycles. The third kappa shape index (κ3) is 4.93. The Morgan fingerprint density at radius 3 is 2.53 bits per heavy atom. The molecule has 1 N–H and O–H groups in total. The molecule has 1 aromatic rings. The summed E-state index contributed by atoms with van der Waals surface area (Å²) in [4.78, 5) is 11.6. The summed E-state index contributed by atoms with van der Waals surface area (Å²) in [5.74, 6) is 0.529. The Bertz CT molecular complexity index is 430. The predicted octanol–water partition coefficient (Wildman–Crippen LogP) is 4.18. The van der Waals surface area contributed by atoms with E-state index in [4.69, 9.17) is 4.74 Å². The predicted molar refractivity (Wildman–Crippen MR) is 76.6 cm³/mol. The van der Waals surface area contributed by atoms with Crippen molar-refractivity contribution >= 4 is 5.97 Å². The lowest BCUT2D eigenvalue weighted by molar-refractivity contribution is -0.134. The van der Waals surface area contributed by atoms with Crippen LogP contribution in [-0.2, 0) is 10.2 Å². The van der Waals surface area contributed by atoms with Crippen LogP contribution in [0.25, 0.3) is 0 Å². The fourth-order valence-corrected chi connectivity index (χ4v) is 1.88. The summed E-state index contributed by atoms with van der Waals surface area (Å²) < 4.78 is 5.30. The second-order valence-corrected chi connectivity index (χ2v) is 5.86. The Hall–Kier alpha value is -1.51. The zero-order chi connectivity index (χ0) is 14.5. The monoisotopic (exact) mass is 264 g/mol. The van der Waals surface area contributed by atoms with E-state index in [2.05, 4.69) is 6.92 Å². The molecule has 1 rings (SSSR count). The van der Waals surface area contributed by atoms with Gasteiger partial charge in [0.2, 0.25) is 0 Å². The van der Waals surface area contributed by atoms with Gasteiger partial charge in [-0.3, -0.25) is 4.79 Å². The van der Waals surface area contributed by atoms with Crippen molar-refractivity contribution in [3.8, 4) is 11.5 Å². The van der Waals surface area contributed by atoms with Crippen molar-refractivity contribution in [1.29, 1.82) is 0 Å². The van der Waals surface area contributed by atoms with Crippen molar-refractivity contribution in [2.75, 3.05) is 0 Å². The fraction of sp³-hybridized carbons (Fsp3) is 0.562. The first-order valence-electron chi connectivity index (χ1n) is 6.88. The highest BCUT2D eigenvalue weighted by atomic mass is 16.5. The van der Waals surface area contributed by atoms with Crippen LogP contribution in [-0.4, -0.2) is 11.1 Å². The highest BCUT2D eigenvalue weighted by Gasteiger charge is 2.19. The van der Waals surface area contributed by atoms with E-state index in [1.807, 2.05) is 20.8 Å². The normalized spacial score (nSPS) is 11.4. The maximum Gasteiger partial charge on any atom is 0.311 e. The molecule has 0 aliphatic rings. The summed E-state index contributed by atoms with van der Waals surface area (Å²) in [6, 6.07) is 4.95. The van der Waals surface area contributed by atoms with Crippen molar-refractivity contribution in [2.45, 2.75) is 58.8 Å². The molecule has 3 heteroatoms. The van der Waals surface area contributed by atoms with Gasteiger partial charge in [-0.2, -0.15) is 0 Å². The van der Waals surface area contributed by atoms with Gasteiger partial charge in [0, 0.05) is 12.0 Å². The number of hydrogen-bond acceptors (Lipinski definition) is 3. The van der Waals surface area contributed by atoms with Crippen molar-refractivity contribution in [3.05, 3.63) is 23.8 Å². The number of phenols is 1. The molecule has 19 heavy (non-hydrogen) atoms. The van der Waals surface area contributed by atoms with Gasteiger partial charge in [0.1, 0.15) is 11.5 Å². The van der Waals surface area contributed by atoms with Crippen LogP contribution in [0.4, 0.5) is 0 Å². The lowest BCUT2D eigenvalue weighted by atomic mass is 9.86. The van der Waals surface area contributed by atoms with E-state index >= 15 is 0 Å². The largest absolute Gasteiger partial charge is 0.508 e. The Kier molecular flexibility index (Phi) is 5.40. The van der Waals surface area contributed by atoms with Crippen molar-refractivity contribution in [3.63, 3.8) is 0 Å². The Labute approximate surface area is 115 Å². The van der Waals surface area contributed by atoms with Crippen molar-refractivity contribution < 1.29 is 14.6 Å². The number of benzene rings is 1. The molecule has 0 spiro atoms. The average molecular weight is 264 g/mol. The van der Waals surface area contributed by atoms with E-state index in [1.165, 1.54) is 0 Å². The molecule has 3 nitrogen and oxygen atoms in total. The van der Waals surface area contributed by atoms with Gasteiger partial charge in [-0.15, -0.1) is 0 Å². The van der Waals surface area contributed by atoms with E-state index < -0.39 is 0 Å². The molecule has 0 aliphatic heterocycles. The molecular weight excluding hydrogens is 240 g/mol. The summed E-state index contributed by atoms with van der Waals surface area (Å²) in [6.45, 7) is 8.12. The molecule has 0 aromatic heterocycles. The third-order valence-electron chi connectivity index (χ3n) is 2.99. The molecule has 0 radical (unpaired) electrons. The SMILES string of the molecule is CCCCCC(=O)Oc1ccc(O)c(C(C)(C)C)c1. The molecular formula is C16H24O3. The zero-order valence-corrected chi connectivity index (χ0v) is 12.3. The summed E-state index contributed by atoms with van der Waals surface area (Å²) in [5, 5.41) is 9.84. The first-order valence-corrected chi connectivity index (χ1v) is 6.88. The van der Waals surface area contributed by atoms with Gasteiger partial charge in [0.05, 0.1) is 0 Å². The molecule has 0 heterocycles. The average Bonchev–Trinajstić information content (AvgIpc) is 2.30. The summed E-state index contributed by atoms with van der Waals surface area (Å²) in [6.07, 6.45) is 3.43. The topological polar surface area (TPSA) is 46.5 Å². The minimum Gasteiger partial charge on any atom is -0.508 e. The summed E-state index contributed by atoms with van der Waals surface area (Å²) >= 11 is 0. The van der Waals surface area contributed by atoms with Crippen LogP contribution in [0.3, 0.4) is 0 Å². The number of carbonyl (C=O) groups is 1. The van der Waals surface area contributed by atoms with Gasteiger partial charge in [0.25, 0.3) is 0 Å². The molecule has 0 saturated heterocycles. The van der Waals surface area contributed by atoms with Crippen LogP contribution in [0.15, 0.2) is 18.2 Å². The molecule has 0 atom stereocenters. The quantitative estimate of drug-likeness (QED) is 0.493. The number of carbonyl (C=O) groups excluding carboxylic acids is 1. The van der Waals surface area contributed by atoms with E-state index in [0.29, 0.717) is 12.2 Å². The fourth-order valence-electron chi connectivity index (χ4n) is 1.88. The minimum absolute atomic E-state index is 0.186. The van der Waals surface area contributed by atoms with Gasteiger partial charge in [-0.25, -0.2) is 0 Å². The van der Waals surface area contributed by atoms with Crippen LogP contribution >= 0.6 is 0 Å². The van der Waals surface area contributed by atoms with Crippen LogP contribution in [0.1, 0.15) is 58.9 Å². The molecule has 106 valence electrons. The van der Waals surface area contributed by atoms with Gasteiger partial charge >= 0.3 is 5.97 Å². The lowest BCUT2D eigenvalue weighted by Crippen LogP contribution is -2.13. The highest BCUT2D eigenvalue weighted by Crippen LogP contribution is 2.33. The number of esters is 1. The molecule has 0 saturated carbocycles. The number of unbranched alkanes of at least 4 members (excludes halogenated alkanes) is 2. The number of hydrogen-bond donors (Lipinski definition) is 1. The molecule has 0 fully saturated rings. The van der Waals surface area contributed by atoms with Crippen LogP contribution in [0, 0.1) is 0 Å². The first kappa shape index (κ1) is 15.5. The highest BCUT2D eigenvalue weighted by molar-refractivity contribution is 5.72. The summed E-state index contributed by atoms with van der Waals surface area (Å²) in [7, 11) is 0. The second-order valence-electron chi connectivity index (χ2n) is 5.86. The Morgan fingerprint density at radius 2 is 1.95 bits per heavy atom. The number of rotatable bonds is 5.